The van der Waals surface area contributed by atoms with Crippen LogP contribution in [0.15, 0.2) is 54.7 Å². The van der Waals surface area contributed by atoms with Crippen LogP contribution in [0.4, 0.5) is 5.13 Å². The van der Waals surface area contributed by atoms with Crippen LogP contribution in [-0.4, -0.2) is 21.0 Å². The number of ether oxygens (including phenoxy) is 1. The minimum Gasteiger partial charge on any atom is -0.477 e. The Morgan fingerprint density at radius 3 is 2.72 bits per heavy atom. The quantitative estimate of drug-likeness (QED) is 0.372. The highest BCUT2D eigenvalue weighted by Crippen LogP contribution is 2.32. The molecule has 0 atom stereocenters. The van der Waals surface area contributed by atoms with Crippen molar-refractivity contribution in [2.45, 2.75) is 6.54 Å². The fourth-order valence-electron chi connectivity index (χ4n) is 2.61. The van der Waals surface area contributed by atoms with Gasteiger partial charge in [-0.25, -0.2) is 14.8 Å². The van der Waals surface area contributed by atoms with E-state index in [9.17, 15) is 4.79 Å². The highest BCUT2D eigenvalue weighted by Gasteiger charge is 2.09. The second kappa shape index (κ2) is 8.24. The number of pyridine rings is 1. The average molecular weight is 446 g/mol. The molecule has 0 saturated heterocycles. The van der Waals surface area contributed by atoms with Crippen LogP contribution in [0.3, 0.4) is 0 Å². The van der Waals surface area contributed by atoms with Crippen LogP contribution in [-0.2, 0) is 6.54 Å². The Balaban J connectivity index is 1.50. The first-order valence-electron chi connectivity index (χ1n) is 8.43. The van der Waals surface area contributed by atoms with Crippen LogP contribution >= 0.6 is 34.5 Å². The average Bonchev–Trinajstić information content (AvgIpc) is 3.09. The summed E-state index contributed by atoms with van der Waals surface area (Å²) in [7, 11) is 0. The predicted octanol–water partition coefficient (Wildman–Crippen LogP) is 6.10. The lowest BCUT2D eigenvalue weighted by atomic mass is 10.2. The fraction of sp³-hybridized carbons (Fsp3) is 0.0500. The number of aromatic carboxylic acids is 1. The van der Waals surface area contributed by atoms with Gasteiger partial charge < -0.3 is 15.2 Å². The van der Waals surface area contributed by atoms with E-state index in [4.69, 9.17) is 33.0 Å². The number of hydrogen-bond donors (Lipinski definition) is 2. The maximum atomic E-state index is 11.0. The maximum Gasteiger partial charge on any atom is 0.354 e. The summed E-state index contributed by atoms with van der Waals surface area (Å²) in [5.74, 6) is -0.127. The molecule has 2 heterocycles. The molecule has 9 heteroatoms. The number of aromatic nitrogens is 2. The Bertz CT molecular complexity index is 1210. The minimum absolute atomic E-state index is 0.0753. The summed E-state index contributed by atoms with van der Waals surface area (Å²) in [6.07, 6.45) is 1.40. The van der Waals surface area contributed by atoms with E-state index in [0.717, 1.165) is 20.9 Å². The largest absolute Gasteiger partial charge is 0.477 e. The number of anilines is 1. The lowest BCUT2D eigenvalue weighted by Gasteiger charge is -2.05. The molecule has 2 aromatic heterocycles. The molecule has 0 bridgehead atoms. The third kappa shape index (κ3) is 4.59. The normalized spacial score (nSPS) is 10.8. The van der Waals surface area contributed by atoms with Crippen LogP contribution in [0, 0.1) is 0 Å². The number of nitrogens with one attached hydrogen (secondary N) is 1. The molecule has 29 heavy (non-hydrogen) atoms. The number of carboxylic acid groups (broad SMARTS) is 1. The molecule has 0 unspecified atom stereocenters. The van der Waals surface area contributed by atoms with Gasteiger partial charge in [0.25, 0.3) is 0 Å². The van der Waals surface area contributed by atoms with Gasteiger partial charge >= 0.3 is 5.97 Å². The second-order valence-corrected chi connectivity index (χ2v) is 7.90. The standard InChI is InChI=1S/C20H13Cl2N3O3S/c21-12-2-1-11(15(22)7-12)10-24-20-25-16-4-3-13(9-18(16)29-20)28-14-5-6-23-17(8-14)19(26)27/h1-9H,10H2,(H,24,25)(H,26,27). The van der Waals surface area contributed by atoms with E-state index in [1.165, 1.54) is 23.6 Å². The van der Waals surface area contributed by atoms with Crippen LogP contribution in [0.1, 0.15) is 16.1 Å². The monoisotopic (exact) mass is 445 g/mol. The minimum atomic E-state index is -1.11. The van der Waals surface area contributed by atoms with Crippen molar-refractivity contribution >= 4 is 55.9 Å². The fourth-order valence-corrected chi connectivity index (χ4v) is 3.97. The van der Waals surface area contributed by atoms with E-state index in [-0.39, 0.29) is 5.69 Å². The lowest BCUT2D eigenvalue weighted by Crippen LogP contribution is -1.99. The molecule has 2 aromatic carbocycles. The van der Waals surface area contributed by atoms with Crippen LogP contribution in [0.25, 0.3) is 10.2 Å². The topological polar surface area (TPSA) is 84.3 Å². The van der Waals surface area contributed by atoms with Crippen molar-refractivity contribution in [2.75, 3.05) is 5.32 Å². The Hall–Kier alpha value is -2.87. The first kappa shape index (κ1) is 19.4. The molecule has 0 fully saturated rings. The number of carboxylic acids is 1. The zero-order valence-electron chi connectivity index (χ0n) is 14.7. The van der Waals surface area contributed by atoms with E-state index in [1.807, 2.05) is 18.2 Å². The molecule has 146 valence electrons. The van der Waals surface area contributed by atoms with Crippen molar-refractivity contribution in [3.8, 4) is 11.5 Å². The summed E-state index contributed by atoms with van der Waals surface area (Å²) in [6, 6.07) is 13.8. The Morgan fingerprint density at radius 1 is 1.10 bits per heavy atom. The molecular formula is C20H13Cl2N3O3S. The third-order valence-corrected chi connectivity index (χ3v) is 5.55. The van der Waals surface area contributed by atoms with Crippen molar-refractivity contribution in [1.29, 1.82) is 0 Å². The van der Waals surface area contributed by atoms with Crippen molar-refractivity contribution in [3.05, 3.63) is 76.0 Å². The van der Waals surface area contributed by atoms with Gasteiger partial charge in [-0.15, -0.1) is 0 Å². The van der Waals surface area contributed by atoms with Gasteiger partial charge in [0.2, 0.25) is 0 Å². The van der Waals surface area contributed by atoms with Crippen LogP contribution in [0.5, 0.6) is 11.5 Å². The first-order valence-corrected chi connectivity index (χ1v) is 10.0. The summed E-state index contributed by atoms with van der Waals surface area (Å²) in [5.41, 5.74) is 1.67. The van der Waals surface area contributed by atoms with E-state index >= 15 is 0 Å². The Kier molecular flexibility index (Phi) is 5.53. The maximum absolute atomic E-state index is 11.0. The molecule has 0 aliphatic heterocycles. The van der Waals surface area contributed by atoms with Gasteiger partial charge in [-0.2, -0.15) is 0 Å². The summed E-state index contributed by atoms with van der Waals surface area (Å²) in [5, 5.41) is 14.2. The number of nitrogens with zero attached hydrogens (tertiary/aromatic N) is 2. The van der Waals surface area contributed by atoms with E-state index < -0.39 is 5.97 Å². The molecule has 4 rings (SSSR count). The van der Waals surface area contributed by atoms with E-state index in [0.29, 0.717) is 28.1 Å². The summed E-state index contributed by atoms with van der Waals surface area (Å²) >= 11 is 13.6. The third-order valence-electron chi connectivity index (χ3n) is 3.99. The summed E-state index contributed by atoms with van der Waals surface area (Å²) in [6.45, 7) is 0.522. The van der Waals surface area contributed by atoms with Gasteiger partial charge in [-0.3, -0.25) is 0 Å². The highest BCUT2D eigenvalue weighted by atomic mass is 35.5. The number of hydrogen-bond acceptors (Lipinski definition) is 6. The number of rotatable bonds is 6. The number of halogens is 2. The predicted molar refractivity (Wildman–Crippen MR) is 115 cm³/mol. The van der Waals surface area contributed by atoms with Crippen molar-refractivity contribution in [2.24, 2.45) is 0 Å². The molecular weight excluding hydrogens is 433 g/mol. The van der Waals surface area contributed by atoms with Gasteiger partial charge in [0.1, 0.15) is 11.5 Å². The molecule has 0 saturated carbocycles. The van der Waals surface area contributed by atoms with Gasteiger partial charge in [-0.1, -0.05) is 40.6 Å². The Labute approximate surface area is 179 Å². The van der Waals surface area contributed by atoms with Gasteiger partial charge in [-0.05, 0) is 35.9 Å². The van der Waals surface area contributed by atoms with E-state index in [1.54, 1.807) is 24.3 Å². The molecule has 6 nitrogen and oxygen atoms in total. The molecule has 0 spiro atoms. The van der Waals surface area contributed by atoms with Crippen molar-refractivity contribution in [3.63, 3.8) is 0 Å². The van der Waals surface area contributed by atoms with Crippen molar-refractivity contribution in [1.82, 2.24) is 9.97 Å². The van der Waals surface area contributed by atoms with Crippen molar-refractivity contribution < 1.29 is 14.6 Å². The zero-order chi connectivity index (χ0) is 20.4. The van der Waals surface area contributed by atoms with E-state index in [2.05, 4.69) is 15.3 Å². The second-order valence-electron chi connectivity index (χ2n) is 6.02. The van der Waals surface area contributed by atoms with Gasteiger partial charge in [0.05, 0.1) is 10.2 Å². The smallest absolute Gasteiger partial charge is 0.354 e. The molecule has 2 N–H and O–H groups in total. The van der Waals surface area contributed by atoms with Crippen LogP contribution < -0.4 is 10.1 Å². The summed E-state index contributed by atoms with van der Waals surface area (Å²) in [4.78, 5) is 19.4. The number of carbonyl (C=O) groups is 1. The number of thiazole rings is 1. The molecule has 0 amide bonds. The molecule has 0 aliphatic carbocycles. The number of benzene rings is 2. The zero-order valence-corrected chi connectivity index (χ0v) is 17.1. The van der Waals surface area contributed by atoms with Crippen LogP contribution in [0.2, 0.25) is 10.0 Å². The summed E-state index contributed by atoms with van der Waals surface area (Å²) < 4.78 is 6.70. The van der Waals surface area contributed by atoms with Gasteiger partial charge in [0, 0.05) is 34.9 Å². The Morgan fingerprint density at radius 2 is 1.93 bits per heavy atom. The highest BCUT2D eigenvalue weighted by molar-refractivity contribution is 7.22. The van der Waals surface area contributed by atoms with Gasteiger partial charge in [0.15, 0.2) is 10.8 Å². The SMILES string of the molecule is O=C(O)c1cc(Oc2ccc3nc(NCc4ccc(Cl)cc4Cl)sc3c2)ccn1. The molecule has 4 aromatic rings. The molecule has 0 aliphatic rings. The molecule has 0 radical (unpaired) electrons. The first-order chi connectivity index (χ1) is 14.0. The lowest BCUT2D eigenvalue weighted by molar-refractivity contribution is 0.0690. The number of fused-ring (bicyclic) bond motifs is 1.